The van der Waals surface area contributed by atoms with Gasteiger partial charge in [-0.1, -0.05) is 19.1 Å². The van der Waals surface area contributed by atoms with Crippen molar-refractivity contribution in [3.05, 3.63) is 29.8 Å². The molecule has 0 aliphatic carbocycles. The van der Waals surface area contributed by atoms with Crippen molar-refractivity contribution < 1.29 is 13.5 Å². The molecule has 0 saturated heterocycles. The minimum atomic E-state index is -3.54. The fourth-order valence-corrected chi connectivity index (χ4v) is 3.25. The normalized spacial score (nSPS) is 15.3. The lowest BCUT2D eigenvalue weighted by atomic mass is 10.1. The van der Waals surface area contributed by atoms with Gasteiger partial charge >= 0.3 is 0 Å². The van der Waals surface area contributed by atoms with E-state index in [0.29, 0.717) is 0 Å². The standard InChI is InChI=1S/C14H24N2O3S/c1-5-15-12(3)13-6-8-14(9-7-13)20(18,19)16(4)10-11(2)17/h6-9,11-12,15,17H,5,10H2,1-4H3. The van der Waals surface area contributed by atoms with E-state index in [0.717, 1.165) is 12.1 Å². The number of aliphatic hydroxyl groups excluding tert-OH is 1. The van der Waals surface area contributed by atoms with Crippen molar-refractivity contribution in [2.45, 2.75) is 37.8 Å². The van der Waals surface area contributed by atoms with Crippen molar-refractivity contribution in [2.24, 2.45) is 0 Å². The van der Waals surface area contributed by atoms with Crippen LogP contribution in [-0.2, 0) is 10.0 Å². The zero-order valence-electron chi connectivity index (χ0n) is 12.5. The smallest absolute Gasteiger partial charge is 0.242 e. The van der Waals surface area contributed by atoms with Crippen LogP contribution < -0.4 is 5.32 Å². The van der Waals surface area contributed by atoms with E-state index in [-0.39, 0.29) is 17.5 Å². The summed E-state index contributed by atoms with van der Waals surface area (Å²) >= 11 is 0. The Balaban J connectivity index is 2.92. The Morgan fingerprint density at radius 3 is 2.25 bits per heavy atom. The molecule has 2 atom stereocenters. The monoisotopic (exact) mass is 300 g/mol. The molecule has 2 N–H and O–H groups in total. The molecule has 2 unspecified atom stereocenters. The van der Waals surface area contributed by atoms with Crippen molar-refractivity contribution in [1.82, 2.24) is 9.62 Å². The van der Waals surface area contributed by atoms with E-state index in [1.807, 2.05) is 26.0 Å². The fraction of sp³-hybridized carbons (Fsp3) is 0.571. The lowest BCUT2D eigenvalue weighted by Crippen LogP contribution is -2.33. The number of benzene rings is 1. The second kappa shape index (κ2) is 7.17. The molecule has 1 aromatic carbocycles. The molecule has 6 heteroatoms. The molecular formula is C14H24N2O3S. The van der Waals surface area contributed by atoms with Gasteiger partial charge in [0.1, 0.15) is 0 Å². The van der Waals surface area contributed by atoms with E-state index in [1.54, 1.807) is 19.1 Å². The Morgan fingerprint density at radius 1 is 1.25 bits per heavy atom. The van der Waals surface area contributed by atoms with Crippen LogP contribution in [0.15, 0.2) is 29.2 Å². The number of nitrogens with one attached hydrogen (secondary N) is 1. The zero-order valence-corrected chi connectivity index (χ0v) is 13.3. The predicted octanol–water partition coefficient (Wildman–Crippen LogP) is 1.36. The number of aliphatic hydroxyl groups is 1. The average Bonchev–Trinajstić information content (AvgIpc) is 2.38. The third-order valence-corrected chi connectivity index (χ3v) is 4.96. The number of hydrogen-bond acceptors (Lipinski definition) is 4. The number of sulfonamides is 1. The minimum Gasteiger partial charge on any atom is -0.392 e. The molecule has 0 heterocycles. The van der Waals surface area contributed by atoms with E-state index in [9.17, 15) is 13.5 Å². The summed E-state index contributed by atoms with van der Waals surface area (Å²) in [5.41, 5.74) is 1.05. The highest BCUT2D eigenvalue weighted by molar-refractivity contribution is 7.89. The highest BCUT2D eigenvalue weighted by Crippen LogP contribution is 2.18. The second-order valence-electron chi connectivity index (χ2n) is 4.98. The average molecular weight is 300 g/mol. The number of nitrogens with zero attached hydrogens (tertiary/aromatic N) is 1. The molecule has 5 nitrogen and oxygen atoms in total. The van der Waals surface area contributed by atoms with E-state index >= 15 is 0 Å². The summed E-state index contributed by atoms with van der Waals surface area (Å²) < 4.78 is 25.7. The molecule has 0 fully saturated rings. The van der Waals surface area contributed by atoms with E-state index in [2.05, 4.69) is 5.32 Å². The Bertz CT molecular complexity index is 512. The summed E-state index contributed by atoms with van der Waals surface area (Å²) in [6, 6.07) is 7.04. The van der Waals surface area contributed by atoms with Crippen LogP contribution in [0.4, 0.5) is 0 Å². The van der Waals surface area contributed by atoms with Gasteiger partial charge in [-0.05, 0) is 38.1 Å². The highest BCUT2D eigenvalue weighted by Gasteiger charge is 2.21. The molecule has 0 bridgehead atoms. The van der Waals surface area contributed by atoms with Crippen LogP contribution in [0.5, 0.6) is 0 Å². The maximum atomic E-state index is 12.3. The molecule has 1 rings (SSSR count). The molecule has 1 aromatic rings. The first-order chi connectivity index (χ1) is 9.28. The molecule has 0 amide bonds. The number of likely N-dealkylation sites (N-methyl/N-ethyl adjacent to an activating group) is 1. The van der Waals surface area contributed by atoms with Gasteiger partial charge in [-0.2, -0.15) is 4.31 Å². The number of hydrogen-bond donors (Lipinski definition) is 2. The fourth-order valence-electron chi connectivity index (χ4n) is 2.00. The lowest BCUT2D eigenvalue weighted by Gasteiger charge is -2.19. The summed E-state index contributed by atoms with van der Waals surface area (Å²) in [5, 5.41) is 12.6. The zero-order chi connectivity index (χ0) is 15.3. The Kier molecular flexibility index (Phi) is 6.13. The maximum absolute atomic E-state index is 12.3. The van der Waals surface area contributed by atoms with Crippen molar-refractivity contribution in [3.8, 4) is 0 Å². The molecule has 0 aliphatic rings. The number of rotatable bonds is 7. The van der Waals surface area contributed by atoms with E-state index in [1.165, 1.54) is 11.4 Å². The van der Waals surface area contributed by atoms with Gasteiger partial charge in [-0.25, -0.2) is 8.42 Å². The SMILES string of the molecule is CCNC(C)c1ccc(S(=O)(=O)N(C)CC(C)O)cc1. The highest BCUT2D eigenvalue weighted by atomic mass is 32.2. The van der Waals surface area contributed by atoms with Crippen molar-refractivity contribution >= 4 is 10.0 Å². The van der Waals surface area contributed by atoms with Gasteiger partial charge in [-0.3, -0.25) is 0 Å². The summed E-state index contributed by atoms with van der Waals surface area (Å²) in [7, 11) is -2.07. The van der Waals surface area contributed by atoms with E-state index in [4.69, 9.17) is 0 Å². The first-order valence-electron chi connectivity index (χ1n) is 6.76. The Labute approximate surface area is 121 Å². The van der Waals surface area contributed by atoms with Gasteiger partial charge in [0.15, 0.2) is 0 Å². The first kappa shape index (κ1) is 17.1. The van der Waals surface area contributed by atoms with Gasteiger partial charge in [-0.15, -0.1) is 0 Å². The summed E-state index contributed by atoms with van der Waals surface area (Å²) in [6.45, 7) is 6.57. The van der Waals surface area contributed by atoms with Crippen LogP contribution in [0.3, 0.4) is 0 Å². The van der Waals surface area contributed by atoms with Gasteiger partial charge < -0.3 is 10.4 Å². The molecule has 0 radical (unpaired) electrons. The molecule has 0 spiro atoms. The summed E-state index contributed by atoms with van der Waals surface area (Å²) in [6.07, 6.45) is -0.692. The van der Waals surface area contributed by atoms with Crippen LogP contribution >= 0.6 is 0 Å². The van der Waals surface area contributed by atoms with Crippen LogP contribution in [-0.4, -0.2) is 44.1 Å². The largest absolute Gasteiger partial charge is 0.392 e. The van der Waals surface area contributed by atoms with Crippen LogP contribution in [0.1, 0.15) is 32.4 Å². The van der Waals surface area contributed by atoms with Gasteiger partial charge in [0.25, 0.3) is 0 Å². The molecule has 0 saturated carbocycles. The third kappa shape index (κ3) is 4.28. The second-order valence-corrected chi connectivity index (χ2v) is 7.03. The van der Waals surface area contributed by atoms with Gasteiger partial charge in [0.05, 0.1) is 11.0 Å². The topological polar surface area (TPSA) is 69.6 Å². The maximum Gasteiger partial charge on any atom is 0.242 e. The van der Waals surface area contributed by atoms with Crippen LogP contribution in [0.25, 0.3) is 0 Å². The Hall–Kier alpha value is -0.950. The van der Waals surface area contributed by atoms with Gasteiger partial charge in [0.2, 0.25) is 10.0 Å². The van der Waals surface area contributed by atoms with Gasteiger partial charge in [0, 0.05) is 19.6 Å². The molecule has 0 aromatic heterocycles. The molecule has 0 aliphatic heterocycles. The lowest BCUT2D eigenvalue weighted by molar-refractivity contribution is 0.171. The molecular weight excluding hydrogens is 276 g/mol. The van der Waals surface area contributed by atoms with Crippen molar-refractivity contribution in [1.29, 1.82) is 0 Å². The quantitative estimate of drug-likeness (QED) is 0.798. The van der Waals surface area contributed by atoms with Crippen LogP contribution in [0, 0.1) is 0 Å². The Morgan fingerprint density at radius 2 is 1.80 bits per heavy atom. The predicted molar refractivity (Wildman–Crippen MR) is 80.0 cm³/mol. The molecule has 20 heavy (non-hydrogen) atoms. The van der Waals surface area contributed by atoms with E-state index < -0.39 is 16.1 Å². The summed E-state index contributed by atoms with van der Waals surface area (Å²) in [4.78, 5) is 0.244. The first-order valence-corrected chi connectivity index (χ1v) is 8.20. The minimum absolute atomic E-state index is 0.0812. The van der Waals surface area contributed by atoms with Crippen molar-refractivity contribution in [3.63, 3.8) is 0 Å². The third-order valence-electron chi connectivity index (χ3n) is 3.12. The van der Waals surface area contributed by atoms with Crippen molar-refractivity contribution in [2.75, 3.05) is 20.1 Å². The summed E-state index contributed by atoms with van der Waals surface area (Å²) in [5.74, 6) is 0. The van der Waals surface area contributed by atoms with Crippen LogP contribution in [0.2, 0.25) is 0 Å². The molecule has 114 valence electrons.